The molecule has 0 spiro atoms. The molecule has 1 aliphatic rings. The Morgan fingerprint density at radius 3 is 2.50 bits per heavy atom. The Hall–Kier alpha value is -0.550. The first-order chi connectivity index (χ1) is 7.34. The first kappa shape index (κ1) is 13.5. The average molecular weight is 245 g/mol. The number of ketones is 1. The van der Waals surface area contributed by atoms with Gasteiger partial charge in [0, 0.05) is 5.25 Å². The van der Waals surface area contributed by atoms with E-state index in [1.54, 1.807) is 0 Å². The molecule has 0 bridgehead atoms. The zero-order valence-corrected chi connectivity index (χ0v) is 10.7. The first-order valence-electron chi connectivity index (χ1n) is 5.51. The van der Waals surface area contributed by atoms with E-state index in [0.717, 1.165) is 6.42 Å². The van der Waals surface area contributed by atoms with Crippen molar-refractivity contribution in [1.82, 2.24) is 5.32 Å². The summed E-state index contributed by atoms with van der Waals surface area (Å²) < 4.78 is 0. The highest BCUT2D eigenvalue weighted by atomic mass is 32.1. The van der Waals surface area contributed by atoms with Crippen molar-refractivity contribution in [3.63, 3.8) is 0 Å². The van der Waals surface area contributed by atoms with E-state index in [1.165, 1.54) is 6.92 Å². The first-order valence-corrected chi connectivity index (χ1v) is 6.03. The van der Waals surface area contributed by atoms with Crippen LogP contribution in [0.2, 0.25) is 0 Å². The molecule has 0 aliphatic carbocycles. The number of rotatable bonds is 4. The van der Waals surface area contributed by atoms with E-state index in [-0.39, 0.29) is 16.9 Å². The van der Waals surface area contributed by atoms with Gasteiger partial charge in [0.1, 0.15) is 11.7 Å². The quantitative estimate of drug-likeness (QED) is 0.496. The number of Topliss-reactive ketones (excluding diaryl/α,β-unsaturated/α-hetero) is 1. The third-order valence-corrected chi connectivity index (χ3v) is 3.40. The summed E-state index contributed by atoms with van der Waals surface area (Å²) >= 11 is 4.39. The lowest BCUT2D eigenvalue weighted by Gasteiger charge is -2.23. The topological polar surface area (TPSA) is 66.4 Å². The second-order valence-corrected chi connectivity index (χ2v) is 5.47. The predicted molar refractivity (Wildman–Crippen MR) is 64.3 cm³/mol. The van der Waals surface area contributed by atoms with Crippen molar-refractivity contribution in [3.05, 3.63) is 0 Å². The van der Waals surface area contributed by atoms with Crippen LogP contribution in [0.1, 0.15) is 27.2 Å². The minimum atomic E-state index is -0.953. The monoisotopic (exact) mass is 245 g/mol. The Balaban J connectivity index is 2.71. The maximum atomic E-state index is 11.5. The fourth-order valence-corrected chi connectivity index (χ4v) is 2.75. The number of thiol groups is 1. The van der Waals surface area contributed by atoms with Crippen LogP contribution in [-0.4, -0.2) is 34.2 Å². The number of carbonyl (C=O) groups excluding carboxylic acids is 2. The van der Waals surface area contributed by atoms with Crippen LogP contribution in [0.25, 0.3) is 0 Å². The summed E-state index contributed by atoms with van der Waals surface area (Å²) in [6.45, 7) is 5.43. The summed E-state index contributed by atoms with van der Waals surface area (Å²) in [4.78, 5) is 22.7. The van der Waals surface area contributed by atoms with E-state index in [1.807, 2.05) is 0 Å². The van der Waals surface area contributed by atoms with Gasteiger partial charge < -0.3 is 10.4 Å². The summed E-state index contributed by atoms with van der Waals surface area (Å²) in [7, 11) is 0. The molecule has 0 radical (unpaired) electrons. The molecule has 0 aromatic carbocycles. The maximum Gasteiger partial charge on any atom is 0.233 e. The molecule has 1 amide bonds. The summed E-state index contributed by atoms with van der Waals surface area (Å²) in [6.07, 6.45) is -0.165. The number of aliphatic hydroxyl groups is 1. The molecular formula is C11H19NO3S. The summed E-state index contributed by atoms with van der Waals surface area (Å²) in [5.74, 6) is -1.17. The van der Waals surface area contributed by atoms with Gasteiger partial charge >= 0.3 is 0 Å². The molecule has 1 rings (SSSR count). The average Bonchev–Trinajstić information content (AvgIpc) is 2.40. The molecule has 5 heteroatoms. The van der Waals surface area contributed by atoms with Crippen LogP contribution >= 0.6 is 12.6 Å². The van der Waals surface area contributed by atoms with Crippen molar-refractivity contribution in [2.24, 2.45) is 11.8 Å². The fourth-order valence-electron chi connectivity index (χ4n) is 2.08. The molecule has 16 heavy (non-hydrogen) atoms. The number of amides is 1. The number of nitrogens with one attached hydrogen (secondary N) is 1. The van der Waals surface area contributed by atoms with Gasteiger partial charge in [0.2, 0.25) is 5.91 Å². The molecule has 1 saturated heterocycles. The van der Waals surface area contributed by atoms with Crippen LogP contribution in [0, 0.1) is 11.8 Å². The molecule has 0 saturated carbocycles. The minimum Gasteiger partial charge on any atom is -0.390 e. The Kier molecular flexibility index (Phi) is 4.38. The van der Waals surface area contributed by atoms with Crippen LogP contribution in [0.15, 0.2) is 0 Å². The largest absolute Gasteiger partial charge is 0.390 e. The molecule has 0 aromatic rings. The van der Waals surface area contributed by atoms with Gasteiger partial charge in [-0.2, -0.15) is 12.6 Å². The molecule has 2 N–H and O–H groups in total. The van der Waals surface area contributed by atoms with Crippen LogP contribution < -0.4 is 5.32 Å². The Morgan fingerprint density at radius 2 is 2.12 bits per heavy atom. The number of hydrogen-bond donors (Lipinski definition) is 3. The van der Waals surface area contributed by atoms with E-state index in [4.69, 9.17) is 0 Å². The highest BCUT2D eigenvalue weighted by molar-refractivity contribution is 7.81. The highest BCUT2D eigenvalue weighted by Crippen LogP contribution is 2.25. The van der Waals surface area contributed by atoms with Crippen molar-refractivity contribution >= 4 is 24.3 Å². The standard InChI is InChI=1S/C11H19NO3S/c1-5(2)4-7(16)9-10(14)8(6(3)13)11(15)12-9/h5,7-10,14,16H,4H2,1-3H3,(H,12,15). The van der Waals surface area contributed by atoms with Crippen molar-refractivity contribution < 1.29 is 14.7 Å². The number of hydrogen-bond acceptors (Lipinski definition) is 4. The lowest BCUT2D eigenvalue weighted by Crippen LogP contribution is -2.41. The molecule has 92 valence electrons. The van der Waals surface area contributed by atoms with Gasteiger partial charge in [-0.3, -0.25) is 9.59 Å². The zero-order chi connectivity index (χ0) is 12.5. The van der Waals surface area contributed by atoms with Gasteiger partial charge in [-0.25, -0.2) is 0 Å². The highest BCUT2D eigenvalue weighted by Gasteiger charge is 2.46. The van der Waals surface area contributed by atoms with Crippen LogP contribution in [0.5, 0.6) is 0 Å². The van der Waals surface area contributed by atoms with E-state index < -0.39 is 18.1 Å². The second-order valence-electron chi connectivity index (χ2n) is 4.81. The molecule has 1 aliphatic heterocycles. The Morgan fingerprint density at radius 1 is 1.56 bits per heavy atom. The van der Waals surface area contributed by atoms with Gasteiger partial charge in [-0.05, 0) is 19.3 Å². The van der Waals surface area contributed by atoms with E-state index in [2.05, 4.69) is 31.8 Å². The predicted octanol–water partition coefficient (Wildman–Crippen LogP) is 0.395. The molecule has 1 heterocycles. The summed E-state index contributed by atoms with van der Waals surface area (Å²) in [6, 6.07) is -0.424. The van der Waals surface area contributed by atoms with Crippen molar-refractivity contribution in [1.29, 1.82) is 0 Å². The molecule has 4 nitrogen and oxygen atoms in total. The van der Waals surface area contributed by atoms with Gasteiger partial charge in [0.25, 0.3) is 0 Å². The van der Waals surface area contributed by atoms with Crippen molar-refractivity contribution in [2.75, 3.05) is 0 Å². The summed E-state index contributed by atoms with van der Waals surface area (Å²) in [5.41, 5.74) is 0. The van der Waals surface area contributed by atoms with E-state index >= 15 is 0 Å². The molecular weight excluding hydrogens is 226 g/mol. The third-order valence-electron chi connectivity index (χ3n) is 2.87. The minimum absolute atomic E-state index is 0.122. The molecule has 0 aromatic heterocycles. The van der Waals surface area contributed by atoms with Gasteiger partial charge in [-0.15, -0.1) is 0 Å². The van der Waals surface area contributed by atoms with Crippen LogP contribution in [0.3, 0.4) is 0 Å². The van der Waals surface area contributed by atoms with Crippen LogP contribution in [-0.2, 0) is 9.59 Å². The Labute approximate surface area is 101 Å². The van der Waals surface area contributed by atoms with Crippen molar-refractivity contribution in [3.8, 4) is 0 Å². The van der Waals surface area contributed by atoms with Gasteiger partial charge in [-0.1, -0.05) is 13.8 Å². The van der Waals surface area contributed by atoms with Crippen LogP contribution in [0.4, 0.5) is 0 Å². The zero-order valence-electron chi connectivity index (χ0n) is 9.80. The van der Waals surface area contributed by atoms with Gasteiger partial charge in [0.05, 0.1) is 12.1 Å². The smallest absolute Gasteiger partial charge is 0.233 e. The second kappa shape index (κ2) is 5.19. The Bertz CT molecular complexity index is 293. The third kappa shape index (κ3) is 2.77. The SMILES string of the molecule is CC(=O)C1C(=O)NC(C(S)CC(C)C)C1O. The van der Waals surface area contributed by atoms with Crippen molar-refractivity contribution in [2.45, 2.75) is 44.6 Å². The lowest BCUT2D eigenvalue weighted by atomic mass is 9.93. The van der Waals surface area contributed by atoms with E-state index in [9.17, 15) is 14.7 Å². The molecule has 1 fully saturated rings. The lowest BCUT2D eigenvalue weighted by molar-refractivity contribution is -0.132. The van der Waals surface area contributed by atoms with Gasteiger partial charge in [0.15, 0.2) is 0 Å². The number of carbonyl (C=O) groups is 2. The fraction of sp³-hybridized carbons (Fsp3) is 0.818. The molecule has 4 unspecified atom stereocenters. The normalized spacial score (nSPS) is 31.6. The maximum absolute atomic E-state index is 11.5. The number of aliphatic hydroxyl groups excluding tert-OH is 1. The molecule has 4 atom stereocenters. The van der Waals surface area contributed by atoms with E-state index in [0.29, 0.717) is 5.92 Å². The summed E-state index contributed by atoms with van der Waals surface area (Å²) in [5, 5.41) is 12.5.